The molecule has 0 bridgehead atoms. The maximum Gasteiger partial charge on any atom is 0.308 e. The molecule has 1 aromatic rings. The van der Waals surface area contributed by atoms with Gasteiger partial charge >= 0.3 is 5.97 Å². The molecule has 0 aliphatic heterocycles. The Morgan fingerprint density at radius 2 is 2.00 bits per heavy atom. The van der Waals surface area contributed by atoms with E-state index in [0.717, 1.165) is 5.75 Å². The fourth-order valence-corrected chi connectivity index (χ4v) is 2.09. The van der Waals surface area contributed by atoms with E-state index in [1.807, 2.05) is 6.26 Å². The number of rotatable bonds is 9. The predicted molar refractivity (Wildman–Crippen MR) is 88.2 cm³/mol. The highest BCUT2D eigenvalue weighted by Crippen LogP contribution is 2.16. The standard InChI is InChI=1S/C15H22N2O4S/c1-20-14(18)7-9-21-12-5-3-11(4-6-12)17-15(19)13(16)8-10-22-2/h3-6,13H,7-10,16H2,1-2H3,(H,17,19)/t13-/m0/s1. The number of nitrogens with two attached hydrogens (primary N) is 1. The fraction of sp³-hybridized carbons (Fsp3) is 0.467. The van der Waals surface area contributed by atoms with Crippen molar-refractivity contribution in [2.75, 3.05) is 31.0 Å². The summed E-state index contributed by atoms with van der Waals surface area (Å²) in [6.45, 7) is 0.248. The van der Waals surface area contributed by atoms with Crippen LogP contribution in [0.5, 0.6) is 5.75 Å². The lowest BCUT2D eigenvalue weighted by molar-refractivity contribution is -0.141. The number of ether oxygens (including phenoxy) is 2. The largest absolute Gasteiger partial charge is 0.493 e. The minimum Gasteiger partial charge on any atom is -0.493 e. The van der Waals surface area contributed by atoms with Gasteiger partial charge in [-0.2, -0.15) is 11.8 Å². The van der Waals surface area contributed by atoms with Crippen LogP contribution in [0.2, 0.25) is 0 Å². The van der Waals surface area contributed by atoms with Crippen molar-refractivity contribution in [2.24, 2.45) is 5.73 Å². The molecular formula is C15H22N2O4S. The number of methoxy groups -OCH3 is 1. The maximum absolute atomic E-state index is 11.9. The van der Waals surface area contributed by atoms with Crippen molar-refractivity contribution in [3.05, 3.63) is 24.3 Å². The SMILES string of the molecule is COC(=O)CCOc1ccc(NC(=O)[C@@H](N)CCSC)cc1. The Balaban J connectivity index is 2.41. The van der Waals surface area contributed by atoms with Gasteiger partial charge in [0, 0.05) is 5.69 Å². The molecular weight excluding hydrogens is 304 g/mol. The molecule has 22 heavy (non-hydrogen) atoms. The van der Waals surface area contributed by atoms with Crippen molar-refractivity contribution in [3.8, 4) is 5.75 Å². The Morgan fingerprint density at radius 1 is 1.32 bits per heavy atom. The third-order valence-corrected chi connectivity index (χ3v) is 3.54. The first-order chi connectivity index (χ1) is 10.6. The van der Waals surface area contributed by atoms with E-state index in [9.17, 15) is 9.59 Å². The maximum atomic E-state index is 11.9. The molecule has 0 saturated carbocycles. The molecule has 0 heterocycles. The molecule has 0 radical (unpaired) electrons. The lowest BCUT2D eigenvalue weighted by atomic mass is 10.2. The van der Waals surface area contributed by atoms with Crippen LogP contribution in [0.4, 0.5) is 5.69 Å². The third-order valence-electron chi connectivity index (χ3n) is 2.89. The van der Waals surface area contributed by atoms with E-state index in [0.29, 0.717) is 17.9 Å². The number of carbonyl (C=O) groups is 2. The van der Waals surface area contributed by atoms with Gasteiger partial charge in [-0.05, 0) is 42.7 Å². The normalized spacial score (nSPS) is 11.6. The van der Waals surface area contributed by atoms with E-state index in [-0.39, 0.29) is 24.9 Å². The summed E-state index contributed by atoms with van der Waals surface area (Å²) < 4.78 is 9.92. The van der Waals surface area contributed by atoms with Gasteiger partial charge in [-0.25, -0.2) is 0 Å². The number of hydrogen-bond donors (Lipinski definition) is 2. The average Bonchev–Trinajstić information content (AvgIpc) is 2.53. The summed E-state index contributed by atoms with van der Waals surface area (Å²) >= 11 is 1.66. The topological polar surface area (TPSA) is 90.6 Å². The Labute approximate surface area is 134 Å². The molecule has 1 amide bonds. The first-order valence-corrected chi connectivity index (χ1v) is 8.31. The molecule has 122 valence electrons. The van der Waals surface area contributed by atoms with Crippen molar-refractivity contribution >= 4 is 29.3 Å². The smallest absolute Gasteiger partial charge is 0.308 e. The van der Waals surface area contributed by atoms with Crippen LogP contribution in [0.1, 0.15) is 12.8 Å². The number of esters is 1. The van der Waals surface area contributed by atoms with Crippen LogP contribution in [-0.4, -0.2) is 43.6 Å². The Morgan fingerprint density at radius 3 is 2.59 bits per heavy atom. The highest BCUT2D eigenvalue weighted by molar-refractivity contribution is 7.98. The minimum absolute atomic E-state index is 0.194. The molecule has 0 fully saturated rings. The zero-order valence-corrected chi connectivity index (χ0v) is 13.7. The van der Waals surface area contributed by atoms with E-state index in [2.05, 4.69) is 10.1 Å². The monoisotopic (exact) mass is 326 g/mol. The number of nitrogens with one attached hydrogen (secondary N) is 1. The van der Waals surface area contributed by atoms with Crippen LogP contribution in [0.3, 0.4) is 0 Å². The summed E-state index contributed by atoms with van der Waals surface area (Å²) in [4.78, 5) is 22.8. The summed E-state index contributed by atoms with van der Waals surface area (Å²) in [7, 11) is 1.34. The Kier molecular flexibility index (Phi) is 8.39. The van der Waals surface area contributed by atoms with Crippen molar-refractivity contribution < 1.29 is 19.1 Å². The zero-order chi connectivity index (χ0) is 16.4. The van der Waals surface area contributed by atoms with Crippen LogP contribution in [0.25, 0.3) is 0 Å². The van der Waals surface area contributed by atoms with Crippen LogP contribution in [0.15, 0.2) is 24.3 Å². The number of amides is 1. The second-order valence-corrected chi connectivity index (χ2v) is 5.56. The zero-order valence-electron chi connectivity index (χ0n) is 12.8. The van der Waals surface area contributed by atoms with Gasteiger partial charge in [-0.3, -0.25) is 9.59 Å². The van der Waals surface area contributed by atoms with E-state index in [1.54, 1.807) is 36.0 Å². The first kappa shape index (κ1) is 18.3. The van der Waals surface area contributed by atoms with Crippen LogP contribution in [-0.2, 0) is 14.3 Å². The van der Waals surface area contributed by atoms with Crippen molar-refractivity contribution in [3.63, 3.8) is 0 Å². The van der Waals surface area contributed by atoms with E-state index in [4.69, 9.17) is 10.5 Å². The molecule has 1 aromatic carbocycles. The summed E-state index contributed by atoms with van der Waals surface area (Å²) in [5, 5.41) is 2.76. The summed E-state index contributed by atoms with van der Waals surface area (Å²) in [5.41, 5.74) is 6.45. The summed E-state index contributed by atoms with van der Waals surface area (Å²) in [6, 6.07) is 6.39. The van der Waals surface area contributed by atoms with Crippen molar-refractivity contribution in [1.29, 1.82) is 0 Å². The molecule has 1 rings (SSSR count). The first-order valence-electron chi connectivity index (χ1n) is 6.92. The van der Waals surface area contributed by atoms with Gasteiger partial charge in [0.2, 0.25) is 5.91 Å². The van der Waals surface area contributed by atoms with Crippen LogP contribution < -0.4 is 15.8 Å². The number of hydrogen-bond acceptors (Lipinski definition) is 6. The van der Waals surface area contributed by atoms with E-state index < -0.39 is 6.04 Å². The van der Waals surface area contributed by atoms with Gasteiger partial charge in [0.15, 0.2) is 0 Å². The highest BCUT2D eigenvalue weighted by atomic mass is 32.2. The number of thioether (sulfide) groups is 1. The molecule has 0 spiro atoms. The summed E-state index contributed by atoms with van der Waals surface area (Å²) in [5.74, 6) is 0.951. The lowest BCUT2D eigenvalue weighted by Crippen LogP contribution is -2.36. The molecule has 0 aliphatic carbocycles. The van der Waals surface area contributed by atoms with Gasteiger partial charge in [0.1, 0.15) is 5.75 Å². The minimum atomic E-state index is -0.511. The number of anilines is 1. The molecule has 3 N–H and O–H groups in total. The molecule has 7 heteroatoms. The van der Waals surface area contributed by atoms with E-state index in [1.165, 1.54) is 7.11 Å². The van der Waals surface area contributed by atoms with Crippen LogP contribution >= 0.6 is 11.8 Å². The average molecular weight is 326 g/mol. The van der Waals surface area contributed by atoms with Gasteiger partial charge in [0.25, 0.3) is 0 Å². The molecule has 0 aliphatic rings. The number of benzene rings is 1. The molecule has 0 unspecified atom stereocenters. The third kappa shape index (κ3) is 6.82. The van der Waals surface area contributed by atoms with E-state index >= 15 is 0 Å². The highest BCUT2D eigenvalue weighted by Gasteiger charge is 2.12. The molecule has 0 saturated heterocycles. The van der Waals surface area contributed by atoms with Gasteiger partial charge < -0.3 is 20.5 Å². The number of carbonyl (C=O) groups excluding carboxylic acids is 2. The molecule has 1 atom stereocenters. The quantitative estimate of drug-likeness (QED) is 0.671. The van der Waals surface area contributed by atoms with Crippen molar-refractivity contribution in [1.82, 2.24) is 0 Å². The molecule has 6 nitrogen and oxygen atoms in total. The van der Waals surface area contributed by atoms with Crippen molar-refractivity contribution in [2.45, 2.75) is 18.9 Å². The van der Waals surface area contributed by atoms with Crippen LogP contribution in [0, 0.1) is 0 Å². The van der Waals surface area contributed by atoms with Gasteiger partial charge in [0.05, 0.1) is 26.2 Å². The lowest BCUT2D eigenvalue weighted by Gasteiger charge is -2.12. The predicted octanol–water partition coefficient (Wildman–Crippen LogP) is 1.65. The summed E-state index contributed by atoms with van der Waals surface area (Å²) in [6.07, 6.45) is 2.81. The Bertz CT molecular complexity index is 479. The molecule has 0 aromatic heterocycles. The Hall–Kier alpha value is -1.73. The van der Waals surface area contributed by atoms with Gasteiger partial charge in [-0.15, -0.1) is 0 Å². The fourth-order valence-electron chi connectivity index (χ4n) is 1.60. The second-order valence-electron chi connectivity index (χ2n) is 4.58. The van der Waals surface area contributed by atoms with Gasteiger partial charge in [-0.1, -0.05) is 0 Å². The second kappa shape index (κ2) is 10.1.